The van der Waals surface area contributed by atoms with Crippen LogP contribution in [-0.4, -0.2) is 34.4 Å². The Kier molecular flexibility index (Phi) is 6.32. The van der Waals surface area contributed by atoms with Crippen LogP contribution in [0.25, 0.3) is 10.9 Å². The standard InChI is InChI=1S/C26H30N4O2/c31-26-17-24(32-19-20-6-2-1-3-7-20)12-14-29(26)23-10-11-25-21(16-23)18-28-30(25)15-13-27-22-8-4-5-9-22/h1-3,6-7,10-12,14,16,18,22,24,27H,4-5,8-9,13,15,17,19H2. The van der Waals surface area contributed by atoms with Crippen LogP contribution in [0.3, 0.4) is 0 Å². The predicted octanol–water partition coefficient (Wildman–Crippen LogP) is 4.40. The molecule has 1 aliphatic carbocycles. The first-order valence-corrected chi connectivity index (χ1v) is 11.6. The minimum atomic E-state index is -0.196. The van der Waals surface area contributed by atoms with Crippen LogP contribution in [0.5, 0.6) is 0 Å². The molecule has 0 bridgehead atoms. The van der Waals surface area contributed by atoms with Gasteiger partial charge in [-0.1, -0.05) is 43.2 Å². The van der Waals surface area contributed by atoms with E-state index in [1.807, 2.05) is 65.6 Å². The molecule has 166 valence electrons. The Morgan fingerprint density at radius 2 is 1.94 bits per heavy atom. The molecule has 1 aromatic heterocycles. The van der Waals surface area contributed by atoms with Gasteiger partial charge in [-0.05, 0) is 42.7 Å². The van der Waals surface area contributed by atoms with Crippen molar-refractivity contribution in [2.45, 2.75) is 57.4 Å². The minimum Gasteiger partial charge on any atom is -0.369 e. The maximum atomic E-state index is 12.8. The van der Waals surface area contributed by atoms with Gasteiger partial charge in [-0.15, -0.1) is 0 Å². The fraction of sp³-hybridized carbons (Fsp3) is 0.385. The van der Waals surface area contributed by atoms with Crippen LogP contribution >= 0.6 is 0 Å². The molecule has 1 N–H and O–H groups in total. The first kappa shape index (κ1) is 20.9. The van der Waals surface area contributed by atoms with Crippen LogP contribution in [0.4, 0.5) is 5.69 Å². The summed E-state index contributed by atoms with van der Waals surface area (Å²) in [4.78, 5) is 14.5. The van der Waals surface area contributed by atoms with Gasteiger partial charge in [0, 0.05) is 29.9 Å². The molecule has 3 aromatic rings. The SMILES string of the molecule is O=C1CC(OCc2ccccc2)C=CN1c1ccc2c(cnn2CCNC2CCCC2)c1. The highest BCUT2D eigenvalue weighted by Gasteiger charge is 2.23. The van der Waals surface area contributed by atoms with Gasteiger partial charge in [-0.2, -0.15) is 5.10 Å². The molecule has 5 rings (SSSR count). The lowest BCUT2D eigenvalue weighted by molar-refractivity contribution is -0.120. The molecule has 2 aliphatic rings. The second-order valence-corrected chi connectivity index (χ2v) is 8.69. The van der Waals surface area contributed by atoms with Crippen molar-refractivity contribution in [3.63, 3.8) is 0 Å². The number of aromatic nitrogens is 2. The van der Waals surface area contributed by atoms with Crippen LogP contribution in [-0.2, 0) is 22.7 Å². The number of anilines is 1. The summed E-state index contributed by atoms with van der Waals surface area (Å²) in [5, 5.41) is 9.26. The fourth-order valence-electron chi connectivity index (χ4n) is 4.63. The Labute approximate surface area is 188 Å². The molecule has 1 unspecified atom stereocenters. The number of carbonyl (C=O) groups is 1. The van der Waals surface area contributed by atoms with E-state index in [0.29, 0.717) is 19.1 Å². The van der Waals surface area contributed by atoms with Crippen molar-refractivity contribution in [1.82, 2.24) is 15.1 Å². The topological polar surface area (TPSA) is 59.4 Å². The van der Waals surface area contributed by atoms with Crippen LogP contribution in [0.2, 0.25) is 0 Å². The van der Waals surface area contributed by atoms with E-state index in [-0.39, 0.29) is 12.0 Å². The van der Waals surface area contributed by atoms with Crippen molar-refractivity contribution in [2.24, 2.45) is 0 Å². The third-order valence-electron chi connectivity index (χ3n) is 6.42. The predicted molar refractivity (Wildman–Crippen MR) is 126 cm³/mol. The Balaban J connectivity index is 1.21. The number of nitrogens with one attached hydrogen (secondary N) is 1. The first-order valence-electron chi connectivity index (χ1n) is 11.6. The molecule has 1 aliphatic heterocycles. The molecule has 6 heteroatoms. The number of ether oxygens (including phenoxy) is 1. The maximum Gasteiger partial charge on any atom is 0.233 e. The summed E-state index contributed by atoms with van der Waals surface area (Å²) in [7, 11) is 0. The molecule has 6 nitrogen and oxygen atoms in total. The van der Waals surface area contributed by atoms with Crippen molar-refractivity contribution in [3.05, 3.63) is 72.6 Å². The van der Waals surface area contributed by atoms with E-state index >= 15 is 0 Å². The van der Waals surface area contributed by atoms with E-state index in [1.165, 1.54) is 25.7 Å². The second kappa shape index (κ2) is 9.67. The molecule has 0 radical (unpaired) electrons. The average molecular weight is 431 g/mol. The lowest BCUT2D eigenvalue weighted by Crippen LogP contribution is -2.33. The zero-order valence-electron chi connectivity index (χ0n) is 18.3. The Morgan fingerprint density at radius 3 is 2.75 bits per heavy atom. The van der Waals surface area contributed by atoms with Gasteiger partial charge in [0.2, 0.25) is 5.91 Å². The lowest BCUT2D eigenvalue weighted by atomic mass is 10.1. The van der Waals surface area contributed by atoms with E-state index in [2.05, 4.69) is 16.5 Å². The van der Waals surface area contributed by atoms with Crippen LogP contribution in [0.15, 0.2) is 67.0 Å². The summed E-state index contributed by atoms with van der Waals surface area (Å²) in [6.07, 6.45) is 11.1. The smallest absolute Gasteiger partial charge is 0.233 e. The van der Waals surface area contributed by atoms with Gasteiger partial charge in [-0.3, -0.25) is 14.4 Å². The van der Waals surface area contributed by atoms with Gasteiger partial charge in [0.25, 0.3) is 0 Å². The summed E-state index contributed by atoms with van der Waals surface area (Å²) in [5.74, 6) is 0.0399. The van der Waals surface area contributed by atoms with E-state index in [1.54, 1.807) is 4.90 Å². The highest BCUT2D eigenvalue weighted by Crippen LogP contribution is 2.26. The number of hydrogen-bond donors (Lipinski definition) is 1. The van der Waals surface area contributed by atoms with Gasteiger partial charge < -0.3 is 10.1 Å². The molecule has 2 aromatic carbocycles. The third-order valence-corrected chi connectivity index (χ3v) is 6.42. The van der Waals surface area contributed by atoms with Crippen LogP contribution in [0.1, 0.15) is 37.7 Å². The molecule has 1 amide bonds. The number of fused-ring (bicyclic) bond motifs is 1. The fourth-order valence-corrected chi connectivity index (χ4v) is 4.63. The zero-order valence-corrected chi connectivity index (χ0v) is 18.3. The van der Waals surface area contributed by atoms with Gasteiger partial charge in [0.1, 0.15) is 0 Å². The molecular weight excluding hydrogens is 400 g/mol. The summed E-state index contributed by atoms with van der Waals surface area (Å²) < 4.78 is 7.96. The van der Waals surface area contributed by atoms with Crippen molar-refractivity contribution in [3.8, 4) is 0 Å². The number of nitrogens with zero attached hydrogens (tertiary/aromatic N) is 3. The highest BCUT2D eigenvalue weighted by atomic mass is 16.5. The largest absolute Gasteiger partial charge is 0.369 e. The molecule has 0 saturated heterocycles. The quantitative estimate of drug-likeness (QED) is 0.575. The second-order valence-electron chi connectivity index (χ2n) is 8.69. The van der Waals surface area contributed by atoms with Crippen LogP contribution < -0.4 is 10.2 Å². The number of amides is 1. The highest BCUT2D eigenvalue weighted by molar-refractivity contribution is 5.98. The van der Waals surface area contributed by atoms with Crippen molar-refractivity contribution < 1.29 is 9.53 Å². The minimum absolute atomic E-state index is 0.0399. The van der Waals surface area contributed by atoms with Gasteiger partial charge in [0.15, 0.2) is 0 Å². The Hall–Kier alpha value is -2.96. The molecule has 0 spiro atoms. The van der Waals surface area contributed by atoms with Gasteiger partial charge >= 0.3 is 0 Å². The average Bonchev–Trinajstić information content (AvgIpc) is 3.48. The number of rotatable bonds is 8. The van der Waals surface area contributed by atoms with Gasteiger partial charge in [0.05, 0.1) is 37.4 Å². The Bertz CT molecular complexity index is 1090. The molecular formula is C26H30N4O2. The van der Waals surface area contributed by atoms with E-state index in [9.17, 15) is 4.79 Å². The van der Waals surface area contributed by atoms with Crippen LogP contribution in [0, 0.1) is 0 Å². The number of hydrogen-bond acceptors (Lipinski definition) is 4. The maximum absolute atomic E-state index is 12.8. The monoisotopic (exact) mass is 430 g/mol. The van der Waals surface area contributed by atoms with Crippen molar-refractivity contribution >= 4 is 22.5 Å². The molecule has 32 heavy (non-hydrogen) atoms. The lowest BCUT2D eigenvalue weighted by Gasteiger charge is -2.26. The molecule has 1 fully saturated rings. The normalized spacial score (nSPS) is 19.3. The summed E-state index contributed by atoms with van der Waals surface area (Å²) in [6.45, 7) is 2.28. The summed E-state index contributed by atoms with van der Waals surface area (Å²) in [5.41, 5.74) is 3.07. The van der Waals surface area contributed by atoms with E-state index < -0.39 is 0 Å². The Morgan fingerprint density at radius 1 is 1.09 bits per heavy atom. The molecule has 1 saturated carbocycles. The zero-order chi connectivity index (χ0) is 21.8. The first-order chi connectivity index (χ1) is 15.8. The number of benzene rings is 2. The molecule has 1 atom stereocenters. The van der Waals surface area contributed by atoms with Gasteiger partial charge in [-0.25, -0.2) is 0 Å². The third kappa shape index (κ3) is 4.76. The van der Waals surface area contributed by atoms with E-state index in [0.717, 1.165) is 35.2 Å². The summed E-state index contributed by atoms with van der Waals surface area (Å²) >= 11 is 0. The van der Waals surface area contributed by atoms with Crippen molar-refractivity contribution in [2.75, 3.05) is 11.4 Å². The summed E-state index contributed by atoms with van der Waals surface area (Å²) in [6, 6.07) is 16.8. The van der Waals surface area contributed by atoms with E-state index in [4.69, 9.17) is 4.74 Å². The van der Waals surface area contributed by atoms with Crippen molar-refractivity contribution in [1.29, 1.82) is 0 Å². The molecule has 2 heterocycles. The number of carbonyl (C=O) groups excluding carboxylic acids is 1.